The van der Waals surface area contributed by atoms with Crippen molar-refractivity contribution < 1.29 is 5.11 Å². The molecule has 0 saturated heterocycles. The Labute approximate surface area is 137 Å². The fraction of sp³-hybridized carbons (Fsp3) is 0.647. The molecule has 116 valence electrons. The van der Waals surface area contributed by atoms with Crippen LogP contribution in [0.5, 0.6) is 0 Å². The molecule has 21 heavy (non-hydrogen) atoms. The van der Waals surface area contributed by atoms with E-state index in [1.165, 1.54) is 38.8 Å². The van der Waals surface area contributed by atoms with Gasteiger partial charge in [0.15, 0.2) is 0 Å². The molecule has 2 aliphatic rings. The molecule has 3 rings (SSSR count). The van der Waals surface area contributed by atoms with Gasteiger partial charge in [0, 0.05) is 25.2 Å². The van der Waals surface area contributed by atoms with E-state index in [2.05, 4.69) is 4.90 Å². The van der Waals surface area contributed by atoms with Gasteiger partial charge in [-0.15, -0.1) is 0 Å². The smallest absolute Gasteiger partial charge is 0.0817 e. The second-order valence-electron chi connectivity index (χ2n) is 6.59. The monoisotopic (exact) mass is 327 g/mol. The maximum atomic E-state index is 10.4. The van der Waals surface area contributed by atoms with Gasteiger partial charge in [-0.25, -0.2) is 0 Å². The molecule has 1 aromatic rings. The second-order valence-corrected chi connectivity index (χ2v) is 7.38. The highest BCUT2D eigenvalue weighted by atomic mass is 35.5. The van der Waals surface area contributed by atoms with E-state index in [0.717, 1.165) is 30.4 Å². The van der Waals surface area contributed by atoms with Gasteiger partial charge in [-0.2, -0.15) is 0 Å². The summed E-state index contributed by atoms with van der Waals surface area (Å²) in [5.74, 6) is 1.80. The van der Waals surface area contributed by atoms with Gasteiger partial charge in [0.25, 0.3) is 0 Å². The summed E-state index contributed by atoms with van der Waals surface area (Å²) in [5, 5.41) is 11.4. The number of benzene rings is 1. The molecule has 0 amide bonds. The SMILES string of the molecule is OC(CCN(CC1CC1)CC1CC1)c1cccc(Cl)c1Cl. The number of aliphatic hydroxyl groups excluding tert-OH is 1. The highest BCUT2D eigenvalue weighted by Crippen LogP contribution is 2.35. The average Bonchev–Trinajstić information content (AvgIpc) is 3.35. The highest BCUT2D eigenvalue weighted by molar-refractivity contribution is 6.42. The first-order chi connectivity index (χ1) is 10.1. The molecule has 0 aromatic heterocycles. The van der Waals surface area contributed by atoms with Crippen LogP contribution in [-0.4, -0.2) is 29.6 Å². The van der Waals surface area contributed by atoms with Crippen molar-refractivity contribution in [2.75, 3.05) is 19.6 Å². The molecule has 0 heterocycles. The molecule has 1 unspecified atom stereocenters. The van der Waals surface area contributed by atoms with Gasteiger partial charge in [0.05, 0.1) is 16.1 Å². The molecule has 2 fully saturated rings. The molecule has 0 spiro atoms. The normalized spacial score (nSPS) is 20.0. The molecular weight excluding hydrogens is 305 g/mol. The predicted octanol–water partition coefficient (Wildman–Crippen LogP) is 4.54. The van der Waals surface area contributed by atoms with E-state index < -0.39 is 6.10 Å². The first-order valence-electron chi connectivity index (χ1n) is 7.98. The van der Waals surface area contributed by atoms with Crippen LogP contribution in [0.3, 0.4) is 0 Å². The first-order valence-corrected chi connectivity index (χ1v) is 8.73. The molecule has 0 radical (unpaired) electrons. The summed E-state index contributed by atoms with van der Waals surface area (Å²) < 4.78 is 0. The van der Waals surface area contributed by atoms with E-state index in [9.17, 15) is 5.11 Å². The third-order valence-corrected chi connectivity index (χ3v) is 5.32. The van der Waals surface area contributed by atoms with Gasteiger partial charge in [0.1, 0.15) is 0 Å². The van der Waals surface area contributed by atoms with Gasteiger partial charge < -0.3 is 10.0 Å². The van der Waals surface area contributed by atoms with E-state index >= 15 is 0 Å². The Bertz CT molecular complexity index is 472. The van der Waals surface area contributed by atoms with Crippen LogP contribution in [0.25, 0.3) is 0 Å². The van der Waals surface area contributed by atoms with Crippen molar-refractivity contribution >= 4 is 23.2 Å². The minimum atomic E-state index is -0.530. The molecule has 2 aliphatic carbocycles. The molecule has 0 aliphatic heterocycles. The number of hydrogen-bond donors (Lipinski definition) is 1. The largest absolute Gasteiger partial charge is 0.388 e. The average molecular weight is 328 g/mol. The lowest BCUT2D eigenvalue weighted by Gasteiger charge is -2.24. The van der Waals surface area contributed by atoms with Crippen molar-refractivity contribution in [3.63, 3.8) is 0 Å². The Kier molecular flexibility index (Phi) is 5.11. The minimum Gasteiger partial charge on any atom is -0.388 e. The topological polar surface area (TPSA) is 23.5 Å². The second kappa shape index (κ2) is 6.87. The standard InChI is InChI=1S/C17H23Cl2NO/c18-15-3-1-2-14(17(15)19)16(21)8-9-20(10-12-4-5-12)11-13-6-7-13/h1-3,12-13,16,21H,4-11H2. The van der Waals surface area contributed by atoms with Gasteiger partial charge in [-0.1, -0.05) is 35.3 Å². The van der Waals surface area contributed by atoms with Gasteiger partial charge in [-0.3, -0.25) is 0 Å². The van der Waals surface area contributed by atoms with Crippen molar-refractivity contribution in [1.29, 1.82) is 0 Å². The zero-order valence-electron chi connectivity index (χ0n) is 12.3. The Balaban J connectivity index is 1.54. The fourth-order valence-electron chi connectivity index (χ4n) is 2.83. The van der Waals surface area contributed by atoms with Crippen LogP contribution in [0.15, 0.2) is 18.2 Å². The van der Waals surface area contributed by atoms with Gasteiger partial charge >= 0.3 is 0 Å². The van der Waals surface area contributed by atoms with Crippen molar-refractivity contribution in [2.45, 2.75) is 38.2 Å². The van der Waals surface area contributed by atoms with Crippen LogP contribution in [-0.2, 0) is 0 Å². The van der Waals surface area contributed by atoms with Crippen LogP contribution < -0.4 is 0 Å². The summed E-state index contributed by atoms with van der Waals surface area (Å²) in [4.78, 5) is 2.54. The quantitative estimate of drug-likeness (QED) is 0.757. The molecule has 1 N–H and O–H groups in total. The Hall–Kier alpha value is -0.280. The molecule has 2 saturated carbocycles. The molecule has 2 nitrogen and oxygen atoms in total. The fourth-order valence-corrected chi connectivity index (χ4v) is 3.26. The molecular formula is C17H23Cl2NO. The van der Waals surface area contributed by atoms with Crippen molar-refractivity contribution in [3.8, 4) is 0 Å². The Morgan fingerprint density at radius 3 is 2.29 bits per heavy atom. The predicted molar refractivity (Wildman–Crippen MR) is 87.9 cm³/mol. The summed E-state index contributed by atoms with van der Waals surface area (Å²) in [7, 11) is 0. The molecule has 1 atom stereocenters. The number of nitrogens with zero attached hydrogens (tertiary/aromatic N) is 1. The zero-order chi connectivity index (χ0) is 14.8. The minimum absolute atomic E-state index is 0.489. The van der Waals surface area contributed by atoms with E-state index in [4.69, 9.17) is 23.2 Å². The Morgan fingerprint density at radius 1 is 1.10 bits per heavy atom. The van der Waals surface area contributed by atoms with Crippen LogP contribution in [0.1, 0.15) is 43.8 Å². The zero-order valence-corrected chi connectivity index (χ0v) is 13.8. The number of halogens is 2. The van der Waals surface area contributed by atoms with Crippen LogP contribution >= 0.6 is 23.2 Å². The third-order valence-electron chi connectivity index (χ3n) is 4.49. The van der Waals surface area contributed by atoms with Gasteiger partial charge in [0.2, 0.25) is 0 Å². The van der Waals surface area contributed by atoms with E-state index in [1.807, 2.05) is 12.1 Å². The van der Waals surface area contributed by atoms with Crippen LogP contribution in [0, 0.1) is 11.8 Å². The van der Waals surface area contributed by atoms with Crippen molar-refractivity contribution in [3.05, 3.63) is 33.8 Å². The van der Waals surface area contributed by atoms with E-state index in [0.29, 0.717) is 10.0 Å². The Morgan fingerprint density at radius 2 is 1.71 bits per heavy atom. The van der Waals surface area contributed by atoms with E-state index in [-0.39, 0.29) is 0 Å². The third kappa shape index (κ3) is 4.59. The van der Waals surface area contributed by atoms with Gasteiger partial charge in [-0.05, 0) is 50.0 Å². The summed E-state index contributed by atoms with van der Waals surface area (Å²) in [5.41, 5.74) is 0.752. The summed E-state index contributed by atoms with van der Waals surface area (Å²) >= 11 is 12.2. The lowest BCUT2D eigenvalue weighted by molar-refractivity contribution is 0.138. The lowest BCUT2D eigenvalue weighted by atomic mass is 10.1. The number of aliphatic hydroxyl groups is 1. The van der Waals surface area contributed by atoms with Crippen molar-refractivity contribution in [1.82, 2.24) is 4.90 Å². The maximum Gasteiger partial charge on any atom is 0.0817 e. The molecule has 4 heteroatoms. The number of hydrogen-bond acceptors (Lipinski definition) is 2. The molecule has 0 bridgehead atoms. The first kappa shape index (κ1) is 15.6. The summed E-state index contributed by atoms with van der Waals surface area (Å²) in [6.07, 6.45) is 5.71. The van der Waals surface area contributed by atoms with Crippen molar-refractivity contribution in [2.24, 2.45) is 11.8 Å². The highest BCUT2D eigenvalue weighted by Gasteiger charge is 2.29. The number of rotatable bonds is 8. The maximum absolute atomic E-state index is 10.4. The van der Waals surface area contributed by atoms with Crippen LogP contribution in [0.2, 0.25) is 10.0 Å². The summed E-state index contributed by atoms with van der Waals surface area (Å²) in [6.45, 7) is 3.34. The van der Waals surface area contributed by atoms with Crippen LogP contribution in [0.4, 0.5) is 0 Å². The van der Waals surface area contributed by atoms with E-state index in [1.54, 1.807) is 6.07 Å². The lowest BCUT2D eigenvalue weighted by Crippen LogP contribution is -2.30. The summed E-state index contributed by atoms with van der Waals surface area (Å²) in [6, 6.07) is 5.47. The molecule has 1 aromatic carbocycles.